The monoisotopic (exact) mass is 509 g/mol. The van der Waals surface area contributed by atoms with Gasteiger partial charge in [0.2, 0.25) is 0 Å². The second-order valence-corrected chi connectivity index (χ2v) is 13.5. The van der Waals surface area contributed by atoms with Gasteiger partial charge in [-0.3, -0.25) is 0 Å². The largest absolute Gasteiger partial charge is 0.393 e. The van der Waals surface area contributed by atoms with Crippen molar-refractivity contribution in [3.05, 3.63) is 63.7 Å². The summed E-state index contributed by atoms with van der Waals surface area (Å²) in [5, 5.41) is 32.5. The zero-order valence-corrected chi connectivity index (χ0v) is 22.9. The molecule has 5 heteroatoms. The van der Waals surface area contributed by atoms with Crippen LogP contribution in [-0.4, -0.2) is 38.6 Å². The highest BCUT2D eigenvalue weighted by molar-refractivity contribution is 7.11. The first kappa shape index (κ1) is 26.1. The lowest BCUT2D eigenvalue weighted by Crippen LogP contribution is -2.35. The summed E-state index contributed by atoms with van der Waals surface area (Å²) in [5.41, 5.74) is 3.39. The Kier molecular flexibility index (Phi) is 7.23. The van der Waals surface area contributed by atoms with Gasteiger partial charge < -0.3 is 15.3 Å². The van der Waals surface area contributed by atoms with Crippen LogP contribution in [0.15, 0.2) is 53.8 Å². The SMILES string of the molecule is C=C1C(=CC=C2CCC[C@]3(C)[C@@H]([C@@H](C)C=C[C@@H](O)C4(c5ncc(C)s5)CC4)CC[C@@H]23)C[C@@H](O)C[C@@H]1O. The molecule has 1 heterocycles. The molecule has 0 spiro atoms. The zero-order chi connectivity index (χ0) is 25.7. The Balaban J connectivity index is 1.29. The maximum absolute atomic E-state index is 11.1. The van der Waals surface area contributed by atoms with Crippen LogP contribution in [-0.2, 0) is 5.41 Å². The number of thiazole rings is 1. The fraction of sp³-hybridized carbons (Fsp3) is 0.645. The molecular formula is C31H43NO3S. The van der Waals surface area contributed by atoms with Gasteiger partial charge in [-0.2, -0.15) is 0 Å². The molecule has 36 heavy (non-hydrogen) atoms. The molecule has 196 valence electrons. The van der Waals surface area contributed by atoms with Gasteiger partial charge in [0.15, 0.2) is 0 Å². The van der Waals surface area contributed by atoms with Crippen LogP contribution in [0.2, 0.25) is 0 Å². The molecule has 0 amide bonds. The van der Waals surface area contributed by atoms with Crippen LogP contribution < -0.4 is 0 Å². The summed E-state index contributed by atoms with van der Waals surface area (Å²) < 4.78 is 0. The number of aryl methyl sites for hydroxylation is 1. The topological polar surface area (TPSA) is 73.6 Å². The molecule has 0 aromatic carbocycles. The fourth-order valence-corrected chi connectivity index (χ4v) is 8.61. The predicted molar refractivity (Wildman–Crippen MR) is 147 cm³/mol. The lowest BCUT2D eigenvalue weighted by atomic mass is 9.61. The molecule has 7 atom stereocenters. The summed E-state index contributed by atoms with van der Waals surface area (Å²) in [4.78, 5) is 5.80. The second kappa shape index (κ2) is 9.98. The molecule has 4 aliphatic rings. The quantitative estimate of drug-likeness (QED) is 0.401. The van der Waals surface area contributed by atoms with Crippen molar-refractivity contribution >= 4 is 11.3 Å². The van der Waals surface area contributed by atoms with Gasteiger partial charge >= 0.3 is 0 Å². The Morgan fingerprint density at radius 2 is 1.94 bits per heavy atom. The average molecular weight is 510 g/mol. The molecule has 0 saturated heterocycles. The highest BCUT2D eigenvalue weighted by Crippen LogP contribution is 2.60. The number of fused-ring (bicyclic) bond motifs is 1. The smallest absolute Gasteiger partial charge is 0.102 e. The Morgan fingerprint density at radius 3 is 2.64 bits per heavy atom. The number of aliphatic hydroxyl groups is 3. The van der Waals surface area contributed by atoms with Crippen molar-refractivity contribution in [3.63, 3.8) is 0 Å². The number of hydrogen-bond donors (Lipinski definition) is 3. The summed E-state index contributed by atoms with van der Waals surface area (Å²) in [6, 6.07) is 0. The molecule has 0 radical (unpaired) electrons. The number of hydrogen-bond acceptors (Lipinski definition) is 5. The van der Waals surface area contributed by atoms with Gasteiger partial charge in [0.05, 0.1) is 23.7 Å². The third-order valence-electron chi connectivity index (χ3n) is 9.94. The number of aliphatic hydroxyl groups excluding tert-OH is 3. The molecule has 4 fully saturated rings. The molecule has 1 aromatic heterocycles. The molecule has 1 aromatic rings. The van der Waals surface area contributed by atoms with E-state index < -0.39 is 18.3 Å². The Morgan fingerprint density at radius 1 is 1.17 bits per heavy atom. The van der Waals surface area contributed by atoms with Crippen LogP contribution in [0, 0.1) is 30.1 Å². The minimum Gasteiger partial charge on any atom is -0.393 e. The van der Waals surface area contributed by atoms with Crippen molar-refractivity contribution < 1.29 is 15.3 Å². The van der Waals surface area contributed by atoms with E-state index in [1.54, 1.807) is 11.3 Å². The first-order chi connectivity index (χ1) is 17.1. The zero-order valence-electron chi connectivity index (χ0n) is 22.1. The van der Waals surface area contributed by atoms with E-state index in [0.717, 1.165) is 35.4 Å². The average Bonchev–Trinajstić information content (AvgIpc) is 3.41. The van der Waals surface area contributed by atoms with E-state index in [1.807, 2.05) is 6.20 Å². The first-order valence-electron chi connectivity index (χ1n) is 13.9. The van der Waals surface area contributed by atoms with Crippen LogP contribution in [0.4, 0.5) is 0 Å². The van der Waals surface area contributed by atoms with Crippen LogP contribution in [0.5, 0.6) is 0 Å². The van der Waals surface area contributed by atoms with E-state index in [2.05, 4.69) is 56.6 Å². The van der Waals surface area contributed by atoms with Crippen molar-refractivity contribution in [2.24, 2.45) is 23.2 Å². The molecule has 0 unspecified atom stereocenters. The molecule has 4 aliphatic carbocycles. The van der Waals surface area contributed by atoms with Gasteiger partial charge in [0, 0.05) is 17.5 Å². The van der Waals surface area contributed by atoms with E-state index in [4.69, 9.17) is 0 Å². The Hall–Kier alpha value is -1.53. The van der Waals surface area contributed by atoms with E-state index in [9.17, 15) is 15.3 Å². The predicted octanol–water partition coefficient (Wildman–Crippen LogP) is 6.18. The lowest BCUT2D eigenvalue weighted by Gasteiger charge is -2.44. The van der Waals surface area contributed by atoms with E-state index in [0.29, 0.717) is 30.6 Å². The standard InChI is InChI=1S/C31H43NO3S/c1-19(7-12-28(35)31(14-15-31)29-32-18-20(2)36-29)25-10-11-26-22(6-5-13-30(25,26)4)8-9-23-16-24(33)17-27(34)21(23)3/h7-9,12,18-19,24-28,33-35H,3,5-6,10-11,13-17H2,1-2,4H3/t19-,24+,25+,26-,27-,28+,30+/m0/s1. The van der Waals surface area contributed by atoms with Crippen LogP contribution >= 0.6 is 11.3 Å². The Bertz CT molecular complexity index is 1080. The van der Waals surface area contributed by atoms with Crippen LogP contribution in [0.3, 0.4) is 0 Å². The maximum atomic E-state index is 11.1. The summed E-state index contributed by atoms with van der Waals surface area (Å²) in [6.07, 6.45) is 18.1. The molecule has 0 bridgehead atoms. The molecule has 4 nitrogen and oxygen atoms in total. The number of rotatable bonds is 6. The van der Waals surface area contributed by atoms with Gasteiger partial charge in [0.25, 0.3) is 0 Å². The molecule has 5 rings (SSSR count). The number of nitrogens with zero attached hydrogens (tertiary/aromatic N) is 1. The Labute approximate surface area is 220 Å². The van der Waals surface area contributed by atoms with Gasteiger partial charge in [-0.25, -0.2) is 4.98 Å². The summed E-state index contributed by atoms with van der Waals surface area (Å²) in [7, 11) is 0. The number of allylic oxidation sites excluding steroid dienone is 4. The van der Waals surface area contributed by atoms with Crippen molar-refractivity contribution in [2.75, 3.05) is 0 Å². The molecular weight excluding hydrogens is 466 g/mol. The maximum Gasteiger partial charge on any atom is 0.102 e. The van der Waals surface area contributed by atoms with Crippen molar-refractivity contribution in [2.45, 2.75) is 102 Å². The van der Waals surface area contributed by atoms with E-state index in [-0.39, 0.29) is 10.8 Å². The highest BCUT2D eigenvalue weighted by Gasteiger charge is 2.53. The molecule has 0 aliphatic heterocycles. The van der Waals surface area contributed by atoms with Crippen molar-refractivity contribution in [1.29, 1.82) is 0 Å². The van der Waals surface area contributed by atoms with Gasteiger partial charge in [-0.1, -0.05) is 50.3 Å². The fourth-order valence-electron chi connectivity index (χ4n) is 7.56. The third-order valence-corrected chi connectivity index (χ3v) is 11.1. The van der Waals surface area contributed by atoms with Gasteiger partial charge in [-0.15, -0.1) is 11.3 Å². The number of aromatic nitrogens is 1. The van der Waals surface area contributed by atoms with Gasteiger partial charge in [0.1, 0.15) is 5.01 Å². The summed E-state index contributed by atoms with van der Waals surface area (Å²) >= 11 is 1.73. The normalized spacial score (nSPS) is 38.0. The molecule has 4 saturated carbocycles. The highest BCUT2D eigenvalue weighted by atomic mass is 32.1. The van der Waals surface area contributed by atoms with Crippen LogP contribution in [0.25, 0.3) is 0 Å². The van der Waals surface area contributed by atoms with Crippen molar-refractivity contribution in [1.82, 2.24) is 4.98 Å². The first-order valence-corrected chi connectivity index (χ1v) is 14.7. The second-order valence-electron chi connectivity index (χ2n) is 12.3. The van der Waals surface area contributed by atoms with E-state index >= 15 is 0 Å². The summed E-state index contributed by atoms with van der Waals surface area (Å²) in [5.74, 6) is 1.60. The lowest BCUT2D eigenvalue weighted by molar-refractivity contribution is 0.0862. The molecule has 3 N–H and O–H groups in total. The van der Waals surface area contributed by atoms with Gasteiger partial charge in [-0.05, 0) is 92.6 Å². The minimum atomic E-state index is -0.636. The summed E-state index contributed by atoms with van der Waals surface area (Å²) in [6.45, 7) is 11.0. The minimum absolute atomic E-state index is 0.157. The van der Waals surface area contributed by atoms with Crippen molar-refractivity contribution in [3.8, 4) is 0 Å². The van der Waals surface area contributed by atoms with E-state index in [1.165, 1.54) is 36.1 Å². The third kappa shape index (κ3) is 4.73. The van der Waals surface area contributed by atoms with Crippen LogP contribution in [0.1, 0.15) is 81.5 Å².